The van der Waals surface area contributed by atoms with E-state index < -0.39 is 5.60 Å². The Labute approximate surface area is 173 Å². The Balaban J connectivity index is 1.50. The smallest absolute Gasteiger partial charge is 0.236 e. The fraction of sp³-hybridized carbons (Fsp3) is 0.682. The quantitative estimate of drug-likeness (QED) is 0.810. The van der Waals surface area contributed by atoms with Gasteiger partial charge in [-0.1, -0.05) is 24.6 Å². The van der Waals surface area contributed by atoms with Crippen molar-refractivity contribution in [3.8, 4) is 5.75 Å². The van der Waals surface area contributed by atoms with Crippen molar-refractivity contribution in [2.75, 3.05) is 39.3 Å². The van der Waals surface area contributed by atoms with Crippen LogP contribution in [0.2, 0.25) is 5.02 Å². The first-order chi connectivity index (χ1) is 13.3. The average Bonchev–Trinajstić information content (AvgIpc) is 2.87. The molecule has 6 heteroatoms. The van der Waals surface area contributed by atoms with E-state index in [1.165, 1.54) is 12.8 Å². The average molecular weight is 409 g/mol. The SMILES string of the molecule is Cc1ccc(Cl)c(OCC2(O)CCCN(C(=O)CN3CCC(C)CC3)CC2)c1. The number of carbonyl (C=O) groups is 1. The zero-order chi connectivity index (χ0) is 20.1. The summed E-state index contributed by atoms with van der Waals surface area (Å²) < 4.78 is 5.85. The van der Waals surface area contributed by atoms with Gasteiger partial charge >= 0.3 is 0 Å². The number of benzene rings is 1. The third-order valence-electron chi connectivity index (χ3n) is 6.09. The first-order valence-electron chi connectivity index (χ1n) is 10.5. The molecular formula is C22H33ClN2O3. The van der Waals surface area contributed by atoms with Crippen molar-refractivity contribution in [3.63, 3.8) is 0 Å². The highest BCUT2D eigenvalue weighted by Gasteiger charge is 2.33. The summed E-state index contributed by atoms with van der Waals surface area (Å²) in [5, 5.41) is 11.6. The van der Waals surface area contributed by atoms with E-state index in [4.69, 9.17) is 16.3 Å². The molecule has 2 heterocycles. The van der Waals surface area contributed by atoms with Gasteiger partial charge in [-0.2, -0.15) is 0 Å². The minimum absolute atomic E-state index is 0.182. The molecule has 5 nitrogen and oxygen atoms in total. The molecule has 156 valence electrons. The second kappa shape index (κ2) is 9.47. The molecule has 0 spiro atoms. The largest absolute Gasteiger partial charge is 0.489 e. The maximum absolute atomic E-state index is 12.7. The predicted molar refractivity (Wildman–Crippen MR) is 112 cm³/mol. The van der Waals surface area contributed by atoms with E-state index in [1.807, 2.05) is 30.0 Å². The van der Waals surface area contributed by atoms with Crippen LogP contribution in [-0.4, -0.2) is 65.7 Å². The number of piperidine rings is 1. The third kappa shape index (κ3) is 5.85. The van der Waals surface area contributed by atoms with Gasteiger partial charge in [0.05, 0.1) is 11.6 Å². The molecule has 0 saturated carbocycles. The van der Waals surface area contributed by atoms with Crippen LogP contribution in [0.4, 0.5) is 0 Å². The topological polar surface area (TPSA) is 53.0 Å². The van der Waals surface area contributed by atoms with Crippen LogP contribution in [-0.2, 0) is 4.79 Å². The summed E-state index contributed by atoms with van der Waals surface area (Å²) in [6, 6.07) is 5.63. The molecule has 2 aliphatic heterocycles. The number of amides is 1. The number of halogens is 1. The van der Waals surface area contributed by atoms with E-state index >= 15 is 0 Å². The van der Waals surface area contributed by atoms with Crippen LogP contribution in [0.25, 0.3) is 0 Å². The highest BCUT2D eigenvalue weighted by Crippen LogP contribution is 2.29. The van der Waals surface area contributed by atoms with Crippen LogP contribution < -0.4 is 4.74 Å². The number of rotatable bonds is 5. The first kappa shape index (κ1) is 21.4. The first-order valence-corrected chi connectivity index (χ1v) is 10.8. The summed E-state index contributed by atoms with van der Waals surface area (Å²) in [6.45, 7) is 8.26. The van der Waals surface area contributed by atoms with Gasteiger partial charge in [0, 0.05) is 13.1 Å². The van der Waals surface area contributed by atoms with E-state index in [9.17, 15) is 9.90 Å². The van der Waals surface area contributed by atoms with Gasteiger partial charge in [-0.05, 0) is 75.7 Å². The van der Waals surface area contributed by atoms with Crippen molar-refractivity contribution >= 4 is 17.5 Å². The van der Waals surface area contributed by atoms with E-state index in [1.54, 1.807) is 0 Å². The Hall–Kier alpha value is -1.30. The maximum atomic E-state index is 12.7. The van der Waals surface area contributed by atoms with E-state index in [0.717, 1.165) is 31.0 Å². The lowest BCUT2D eigenvalue weighted by molar-refractivity contribution is -0.133. The molecule has 1 aromatic carbocycles. The Morgan fingerprint density at radius 1 is 1.25 bits per heavy atom. The molecule has 3 rings (SSSR count). The molecule has 1 unspecified atom stereocenters. The van der Waals surface area contributed by atoms with Gasteiger partial charge in [0.15, 0.2) is 0 Å². The number of likely N-dealkylation sites (tertiary alicyclic amines) is 2. The molecule has 2 aliphatic rings. The monoisotopic (exact) mass is 408 g/mol. The minimum atomic E-state index is -0.928. The Morgan fingerprint density at radius 3 is 2.75 bits per heavy atom. The van der Waals surface area contributed by atoms with Crippen molar-refractivity contribution in [2.45, 2.75) is 51.6 Å². The van der Waals surface area contributed by atoms with Gasteiger partial charge < -0.3 is 14.7 Å². The minimum Gasteiger partial charge on any atom is -0.489 e. The highest BCUT2D eigenvalue weighted by molar-refractivity contribution is 6.32. The summed E-state index contributed by atoms with van der Waals surface area (Å²) in [4.78, 5) is 16.9. The molecule has 1 atom stereocenters. The van der Waals surface area contributed by atoms with Gasteiger partial charge in [-0.3, -0.25) is 9.69 Å². The van der Waals surface area contributed by atoms with Crippen molar-refractivity contribution in [3.05, 3.63) is 28.8 Å². The van der Waals surface area contributed by atoms with E-state index in [0.29, 0.717) is 43.2 Å². The van der Waals surface area contributed by atoms with Gasteiger partial charge in [0.2, 0.25) is 5.91 Å². The van der Waals surface area contributed by atoms with Crippen LogP contribution in [0, 0.1) is 12.8 Å². The van der Waals surface area contributed by atoms with Gasteiger partial charge in [0.25, 0.3) is 0 Å². The zero-order valence-corrected chi connectivity index (χ0v) is 17.9. The fourth-order valence-corrected chi connectivity index (χ4v) is 4.19. The molecular weight excluding hydrogens is 376 g/mol. The number of hydrogen-bond donors (Lipinski definition) is 1. The third-order valence-corrected chi connectivity index (χ3v) is 6.40. The lowest BCUT2D eigenvalue weighted by Crippen LogP contribution is -2.44. The maximum Gasteiger partial charge on any atom is 0.236 e. The number of ether oxygens (including phenoxy) is 1. The van der Waals surface area contributed by atoms with Crippen LogP contribution in [0.15, 0.2) is 18.2 Å². The normalized spacial score (nSPS) is 24.8. The Kier molecular flexibility index (Phi) is 7.24. The number of nitrogens with zero attached hydrogens (tertiary/aromatic N) is 2. The second-order valence-electron chi connectivity index (χ2n) is 8.64. The summed E-state index contributed by atoms with van der Waals surface area (Å²) in [7, 11) is 0. The van der Waals surface area contributed by atoms with Gasteiger partial charge in [-0.25, -0.2) is 0 Å². The number of aryl methyl sites for hydroxylation is 1. The molecule has 0 bridgehead atoms. The lowest BCUT2D eigenvalue weighted by Gasteiger charge is -2.32. The molecule has 1 N–H and O–H groups in total. The van der Waals surface area contributed by atoms with E-state index in [2.05, 4.69) is 11.8 Å². The molecule has 1 aromatic rings. The van der Waals surface area contributed by atoms with Crippen molar-refractivity contribution in [1.82, 2.24) is 9.80 Å². The van der Waals surface area contributed by atoms with Crippen LogP contribution >= 0.6 is 11.6 Å². The highest BCUT2D eigenvalue weighted by atomic mass is 35.5. The van der Waals surface area contributed by atoms with Gasteiger partial charge in [-0.15, -0.1) is 0 Å². The zero-order valence-electron chi connectivity index (χ0n) is 17.1. The molecule has 2 fully saturated rings. The molecule has 0 radical (unpaired) electrons. The number of hydrogen-bond acceptors (Lipinski definition) is 4. The molecule has 2 saturated heterocycles. The standard InChI is InChI=1S/C22H33ClN2O3/c1-17-6-11-24(12-7-17)15-21(26)25-10-3-8-22(27,9-13-25)16-28-20-14-18(2)4-5-19(20)23/h4-5,14,17,27H,3,6-13,15-16H2,1-2H3. The van der Waals surface area contributed by atoms with Crippen molar-refractivity contribution in [1.29, 1.82) is 0 Å². The Bertz CT molecular complexity index is 676. The van der Waals surface area contributed by atoms with Crippen LogP contribution in [0.1, 0.15) is 44.6 Å². The van der Waals surface area contributed by atoms with Crippen LogP contribution in [0.5, 0.6) is 5.75 Å². The molecule has 1 amide bonds. The predicted octanol–water partition coefficient (Wildman–Crippen LogP) is 3.50. The summed E-state index contributed by atoms with van der Waals surface area (Å²) in [6.07, 6.45) is 4.28. The second-order valence-corrected chi connectivity index (χ2v) is 9.05. The summed E-state index contributed by atoms with van der Waals surface area (Å²) in [5.41, 5.74) is 0.138. The van der Waals surface area contributed by atoms with Crippen molar-refractivity contribution in [2.24, 2.45) is 5.92 Å². The molecule has 28 heavy (non-hydrogen) atoms. The fourth-order valence-electron chi connectivity index (χ4n) is 4.02. The van der Waals surface area contributed by atoms with Crippen LogP contribution in [0.3, 0.4) is 0 Å². The van der Waals surface area contributed by atoms with Crippen molar-refractivity contribution < 1.29 is 14.6 Å². The number of carbonyl (C=O) groups excluding carboxylic acids is 1. The lowest BCUT2D eigenvalue weighted by atomic mass is 9.96. The summed E-state index contributed by atoms with van der Waals surface area (Å²) >= 11 is 6.19. The number of aliphatic hydroxyl groups is 1. The van der Waals surface area contributed by atoms with Gasteiger partial charge in [0.1, 0.15) is 18.0 Å². The Morgan fingerprint density at radius 2 is 2.00 bits per heavy atom. The summed E-state index contributed by atoms with van der Waals surface area (Å²) in [5.74, 6) is 1.55. The molecule has 0 aliphatic carbocycles. The molecule has 0 aromatic heterocycles. The van der Waals surface area contributed by atoms with E-state index in [-0.39, 0.29) is 12.5 Å².